The molecule has 2 unspecified atom stereocenters. The maximum absolute atomic E-state index is 12.9. The number of fused-ring (bicyclic) bond motifs is 3. The zero-order valence-electron chi connectivity index (χ0n) is 12.3. The van der Waals surface area contributed by atoms with Crippen molar-refractivity contribution in [3.05, 3.63) is 29.8 Å². The summed E-state index contributed by atoms with van der Waals surface area (Å²) < 4.78 is 0. The van der Waals surface area contributed by atoms with Crippen LogP contribution in [-0.2, 0) is 11.2 Å². The van der Waals surface area contributed by atoms with Gasteiger partial charge < -0.3 is 4.90 Å². The number of aryl methyl sites for hydroxylation is 1. The third-order valence-electron chi connectivity index (χ3n) is 5.21. The molecule has 3 heterocycles. The van der Waals surface area contributed by atoms with Gasteiger partial charge in [-0.25, -0.2) is 0 Å². The van der Waals surface area contributed by atoms with Crippen molar-refractivity contribution in [2.75, 3.05) is 18.0 Å². The Morgan fingerprint density at radius 3 is 2.62 bits per heavy atom. The fraction of sp³-hybridized carbons (Fsp3) is 0.588. The molecular weight excluding hydrogens is 284 g/mol. The number of nitrogens with zero attached hydrogens (tertiary/aromatic N) is 2. The van der Waals surface area contributed by atoms with Crippen LogP contribution in [0.25, 0.3) is 0 Å². The number of anilines is 1. The molecule has 1 aromatic rings. The fourth-order valence-electron chi connectivity index (χ4n) is 4.18. The lowest BCUT2D eigenvalue weighted by Crippen LogP contribution is -2.45. The van der Waals surface area contributed by atoms with Gasteiger partial charge in [0.25, 0.3) is 0 Å². The van der Waals surface area contributed by atoms with Crippen LogP contribution in [0.15, 0.2) is 24.3 Å². The number of piperidine rings is 1. The van der Waals surface area contributed by atoms with Crippen molar-refractivity contribution < 1.29 is 4.79 Å². The molecule has 3 nitrogen and oxygen atoms in total. The first-order valence-corrected chi connectivity index (χ1v) is 7.99. The molecule has 114 valence electrons. The Balaban J connectivity index is 0.00000132. The van der Waals surface area contributed by atoms with Crippen LogP contribution in [0, 0.1) is 0 Å². The van der Waals surface area contributed by atoms with Gasteiger partial charge in [-0.2, -0.15) is 0 Å². The fourth-order valence-corrected chi connectivity index (χ4v) is 4.18. The van der Waals surface area contributed by atoms with E-state index in [1.54, 1.807) is 0 Å². The Morgan fingerprint density at radius 2 is 1.81 bits per heavy atom. The molecule has 0 aromatic heterocycles. The minimum Gasteiger partial charge on any atom is -0.308 e. The van der Waals surface area contributed by atoms with Crippen molar-refractivity contribution in [3.8, 4) is 0 Å². The highest BCUT2D eigenvalue weighted by molar-refractivity contribution is 6.01. The molecule has 2 atom stereocenters. The van der Waals surface area contributed by atoms with E-state index in [0.29, 0.717) is 11.9 Å². The minimum atomic E-state index is 0. The number of carbonyl (C=O) groups is 1. The summed E-state index contributed by atoms with van der Waals surface area (Å²) in [6.07, 6.45) is 7.13. The lowest BCUT2D eigenvalue weighted by Gasteiger charge is -2.32. The van der Waals surface area contributed by atoms with Gasteiger partial charge in [-0.1, -0.05) is 24.6 Å². The zero-order chi connectivity index (χ0) is 13.5. The normalized spacial score (nSPS) is 28.8. The average molecular weight is 307 g/mol. The highest BCUT2D eigenvalue weighted by Crippen LogP contribution is 2.38. The first-order chi connectivity index (χ1) is 9.84. The number of halogens is 1. The van der Waals surface area contributed by atoms with Crippen LogP contribution < -0.4 is 4.90 Å². The highest BCUT2D eigenvalue weighted by atomic mass is 35.5. The summed E-state index contributed by atoms with van der Waals surface area (Å²) in [6.45, 7) is 2.22. The second-order valence-corrected chi connectivity index (χ2v) is 6.38. The maximum atomic E-state index is 12.9. The minimum absolute atomic E-state index is 0. The van der Waals surface area contributed by atoms with Crippen molar-refractivity contribution in [3.63, 3.8) is 0 Å². The van der Waals surface area contributed by atoms with Crippen molar-refractivity contribution in [1.82, 2.24) is 4.90 Å². The van der Waals surface area contributed by atoms with E-state index in [9.17, 15) is 4.79 Å². The number of hydrogen-bond donors (Lipinski definition) is 0. The van der Waals surface area contributed by atoms with E-state index >= 15 is 0 Å². The Labute approximate surface area is 132 Å². The van der Waals surface area contributed by atoms with Gasteiger partial charge in [0.15, 0.2) is 0 Å². The van der Waals surface area contributed by atoms with Gasteiger partial charge in [0.1, 0.15) is 0 Å². The van der Waals surface area contributed by atoms with Crippen molar-refractivity contribution in [2.45, 2.75) is 50.6 Å². The standard InChI is InChI=1S/C17H22N2O.ClH/c20-17-16(18-10-4-1-5-11-18)12-14-9-8-13-6-2-3-7-15(13)19(14)17;/h2-3,6-7,14,16H,1,4-5,8-12H2;1H. The molecule has 0 bridgehead atoms. The van der Waals surface area contributed by atoms with Gasteiger partial charge in [-0.05, 0) is 56.8 Å². The first-order valence-electron chi connectivity index (χ1n) is 7.99. The molecule has 0 spiro atoms. The van der Waals surface area contributed by atoms with Crippen LogP contribution in [0.4, 0.5) is 5.69 Å². The van der Waals surface area contributed by atoms with Crippen LogP contribution in [0.1, 0.15) is 37.7 Å². The summed E-state index contributed by atoms with van der Waals surface area (Å²) in [5.41, 5.74) is 2.52. The quantitative estimate of drug-likeness (QED) is 0.796. The number of rotatable bonds is 1. The molecule has 4 heteroatoms. The van der Waals surface area contributed by atoms with Gasteiger partial charge >= 0.3 is 0 Å². The SMILES string of the molecule is Cl.O=C1C(N2CCCCC2)CC2CCc3ccccc3N12. The summed E-state index contributed by atoms with van der Waals surface area (Å²) in [7, 11) is 0. The van der Waals surface area contributed by atoms with Gasteiger partial charge in [0, 0.05) is 11.7 Å². The number of para-hydroxylation sites is 1. The monoisotopic (exact) mass is 306 g/mol. The Morgan fingerprint density at radius 1 is 1.05 bits per heavy atom. The zero-order valence-corrected chi connectivity index (χ0v) is 13.1. The van der Waals surface area contributed by atoms with E-state index in [1.165, 1.54) is 30.5 Å². The summed E-state index contributed by atoms with van der Waals surface area (Å²) in [6, 6.07) is 9.02. The highest BCUT2D eigenvalue weighted by Gasteiger charge is 2.45. The molecule has 3 aliphatic heterocycles. The van der Waals surface area contributed by atoms with E-state index in [4.69, 9.17) is 0 Å². The topological polar surface area (TPSA) is 23.6 Å². The van der Waals surface area contributed by atoms with E-state index in [-0.39, 0.29) is 18.4 Å². The van der Waals surface area contributed by atoms with Crippen molar-refractivity contribution in [1.29, 1.82) is 0 Å². The molecule has 0 aliphatic carbocycles. The molecule has 2 fully saturated rings. The van der Waals surface area contributed by atoms with Crippen LogP contribution in [-0.4, -0.2) is 36.0 Å². The van der Waals surface area contributed by atoms with Crippen molar-refractivity contribution >= 4 is 24.0 Å². The molecule has 0 radical (unpaired) electrons. The van der Waals surface area contributed by atoms with E-state index in [0.717, 1.165) is 32.4 Å². The molecule has 0 N–H and O–H groups in total. The predicted octanol–water partition coefficient (Wildman–Crippen LogP) is 3.01. The lowest BCUT2D eigenvalue weighted by atomic mass is 9.96. The Hall–Kier alpha value is -1.06. The van der Waals surface area contributed by atoms with Crippen molar-refractivity contribution in [2.24, 2.45) is 0 Å². The number of likely N-dealkylation sites (tertiary alicyclic amines) is 1. The molecule has 4 rings (SSSR count). The Bertz CT molecular complexity index is 527. The van der Waals surface area contributed by atoms with Gasteiger partial charge in [0.05, 0.1) is 6.04 Å². The molecular formula is C17H23ClN2O. The van der Waals surface area contributed by atoms with Crippen LogP contribution in [0.2, 0.25) is 0 Å². The molecule has 2 saturated heterocycles. The predicted molar refractivity (Wildman–Crippen MR) is 87.1 cm³/mol. The van der Waals surface area contributed by atoms with Gasteiger partial charge in [0.2, 0.25) is 5.91 Å². The van der Waals surface area contributed by atoms with E-state index in [2.05, 4.69) is 34.1 Å². The second-order valence-electron chi connectivity index (χ2n) is 6.38. The largest absolute Gasteiger partial charge is 0.308 e. The molecule has 0 saturated carbocycles. The third kappa shape index (κ3) is 2.47. The summed E-state index contributed by atoms with van der Waals surface area (Å²) in [5.74, 6) is 0.351. The number of hydrogen-bond acceptors (Lipinski definition) is 2. The van der Waals surface area contributed by atoms with Crippen LogP contribution >= 0.6 is 12.4 Å². The molecule has 1 aromatic carbocycles. The van der Waals surface area contributed by atoms with Gasteiger partial charge in [-0.15, -0.1) is 12.4 Å². The summed E-state index contributed by atoms with van der Waals surface area (Å²) in [4.78, 5) is 17.4. The Kier molecular flexibility index (Phi) is 4.23. The summed E-state index contributed by atoms with van der Waals surface area (Å²) >= 11 is 0. The molecule has 1 amide bonds. The average Bonchev–Trinajstić information content (AvgIpc) is 2.86. The number of carbonyl (C=O) groups excluding carboxylic acids is 1. The number of amides is 1. The molecule has 3 aliphatic rings. The van der Waals surface area contributed by atoms with Gasteiger partial charge in [-0.3, -0.25) is 9.69 Å². The van der Waals surface area contributed by atoms with E-state index < -0.39 is 0 Å². The molecule has 21 heavy (non-hydrogen) atoms. The lowest BCUT2D eigenvalue weighted by molar-refractivity contribution is -0.122. The van der Waals surface area contributed by atoms with Crippen LogP contribution in [0.3, 0.4) is 0 Å². The third-order valence-corrected chi connectivity index (χ3v) is 5.21. The smallest absolute Gasteiger partial charge is 0.244 e. The second kappa shape index (κ2) is 5.98. The number of benzene rings is 1. The van der Waals surface area contributed by atoms with E-state index in [1.807, 2.05) is 0 Å². The summed E-state index contributed by atoms with van der Waals surface area (Å²) in [5, 5.41) is 0. The maximum Gasteiger partial charge on any atom is 0.244 e. The van der Waals surface area contributed by atoms with Crippen LogP contribution in [0.5, 0.6) is 0 Å². The first kappa shape index (κ1) is 14.9.